The second-order valence-corrected chi connectivity index (χ2v) is 15.0. The summed E-state index contributed by atoms with van der Waals surface area (Å²) < 4.78 is 98.8. The number of nitrogens with zero attached hydrogens (tertiary/aromatic N) is 4. The number of aromatic nitrogens is 4. The molecular formula is C53H40N4OPt-2. The zero-order valence-electron chi connectivity index (χ0n) is 42.4. The summed E-state index contributed by atoms with van der Waals surface area (Å²) in [6.45, 7) is 8.66. The Morgan fingerprint density at radius 2 is 1.31 bits per heavy atom. The first-order valence-electron chi connectivity index (χ1n) is 23.8. The molecule has 0 fully saturated rings. The Kier molecular flexibility index (Phi) is 7.26. The molecule has 0 N–H and O–H groups in total. The predicted molar refractivity (Wildman–Crippen MR) is 234 cm³/mol. The summed E-state index contributed by atoms with van der Waals surface area (Å²) in [4.78, 5) is 4.89. The van der Waals surface area contributed by atoms with E-state index in [1.54, 1.807) is 39.5 Å². The monoisotopic (exact) mass is 953 g/mol. The Balaban J connectivity index is 0.00000593. The van der Waals surface area contributed by atoms with E-state index in [1.165, 1.54) is 5.56 Å². The standard InChI is InChI=1S/C53H40N4O.Pt/c1-36-46(53(2,3)4)31-32-54-52(36)57-47-26-12-11-23-44(47)45-30-29-41(34-50(45)57)58-40-22-15-21-39(33-40)55-35-56(49-28-14-13-27-48(49)55)51-42(37-17-7-5-8-18-37)24-16-25-43(51)38-19-9-6-10-20-38;/h5-32H,1-4H3;/q-2;/i5D,6D,7D,8D,9D,10D,17D,18D,19D,20D;. The van der Waals surface area contributed by atoms with Crippen LogP contribution in [-0.2, 0) is 26.5 Å². The third-order valence-electron chi connectivity index (χ3n) is 10.3. The molecule has 0 unspecified atom stereocenters. The van der Waals surface area contributed by atoms with Crippen LogP contribution in [0.3, 0.4) is 0 Å². The van der Waals surface area contributed by atoms with Crippen LogP contribution >= 0.6 is 0 Å². The van der Waals surface area contributed by atoms with Gasteiger partial charge in [-0.25, -0.2) is 4.98 Å². The maximum Gasteiger partial charge on any atom is 0.268 e. The minimum absolute atomic E-state index is 0. The number of hydrogen-bond acceptors (Lipinski definition) is 2. The van der Waals surface area contributed by atoms with Crippen LogP contribution in [0, 0.1) is 25.4 Å². The van der Waals surface area contributed by atoms with Crippen molar-refractivity contribution in [3.05, 3.63) is 199 Å². The molecule has 3 aromatic heterocycles. The van der Waals surface area contributed by atoms with Gasteiger partial charge in [0.1, 0.15) is 5.82 Å². The van der Waals surface area contributed by atoms with Crippen molar-refractivity contribution in [1.29, 1.82) is 0 Å². The number of rotatable bonds is 7. The van der Waals surface area contributed by atoms with Crippen molar-refractivity contribution in [2.45, 2.75) is 33.1 Å². The molecule has 0 aliphatic heterocycles. The van der Waals surface area contributed by atoms with E-state index in [0.29, 0.717) is 28.2 Å². The molecule has 0 spiro atoms. The molecule has 0 radical (unpaired) electrons. The first kappa shape index (κ1) is 28.0. The van der Waals surface area contributed by atoms with Crippen LogP contribution in [0.5, 0.6) is 11.5 Å². The van der Waals surface area contributed by atoms with E-state index in [9.17, 15) is 0 Å². The number of hydrogen-bond donors (Lipinski definition) is 0. The van der Waals surface area contributed by atoms with Gasteiger partial charge in [-0.2, -0.15) is 18.2 Å². The van der Waals surface area contributed by atoms with Crippen molar-refractivity contribution < 1.29 is 44.1 Å². The molecular weight excluding hydrogens is 904 g/mol. The van der Waals surface area contributed by atoms with E-state index in [1.807, 2.05) is 60.8 Å². The van der Waals surface area contributed by atoms with Gasteiger partial charge in [0.25, 0.3) is 6.33 Å². The topological polar surface area (TPSA) is 35.9 Å². The van der Waals surface area contributed by atoms with Gasteiger partial charge in [0.05, 0.1) is 30.4 Å². The fourth-order valence-corrected chi connectivity index (χ4v) is 7.82. The molecule has 0 bridgehead atoms. The Hall–Kier alpha value is -6.55. The maximum absolute atomic E-state index is 8.99. The first-order valence-corrected chi connectivity index (χ1v) is 18.8. The molecule has 3 heterocycles. The molecule has 7 aromatic carbocycles. The second kappa shape index (κ2) is 15.3. The molecule has 0 aliphatic carbocycles. The minimum atomic E-state index is -0.571. The van der Waals surface area contributed by atoms with E-state index in [2.05, 4.69) is 68.9 Å². The molecule has 10 aromatic rings. The van der Waals surface area contributed by atoms with Crippen molar-refractivity contribution in [2.75, 3.05) is 0 Å². The molecule has 290 valence electrons. The molecule has 0 aliphatic rings. The normalized spacial score (nSPS) is 14.0. The SMILES string of the molecule is [2H]c1c([2H])c([2H])c(-c2cccc(-c3c([2H])c([2H])c([2H])c([2H])c3[2H])c2-[n+]2[c-]n(-c3[c-]c(Oc4[c-]c5c(cc4)c4ccccc4n5-c4nccc(C(C)(C)C)c4C)ccc3)c3ccccc32)c([2H])c1[2H].[Pt]. The van der Waals surface area contributed by atoms with Crippen molar-refractivity contribution in [1.82, 2.24) is 14.1 Å². The third-order valence-corrected chi connectivity index (χ3v) is 10.3. The Morgan fingerprint density at radius 1 is 0.661 bits per heavy atom. The summed E-state index contributed by atoms with van der Waals surface area (Å²) >= 11 is 0. The smallest absolute Gasteiger partial charge is 0.268 e. The zero-order chi connectivity index (χ0) is 48.1. The zero-order valence-corrected chi connectivity index (χ0v) is 34.7. The van der Waals surface area contributed by atoms with E-state index in [0.717, 1.165) is 33.2 Å². The number of pyridine rings is 1. The van der Waals surface area contributed by atoms with Crippen LogP contribution in [0.1, 0.15) is 45.6 Å². The number of benzene rings is 7. The molecule has 59 heavy (non-hydrogen) atoms. The quantitative estimate of drug-likeness (QED) is 0.118. The van der Waals surface area contributed by atoms with Crippen molar-refractivity contribution in [3.63, 3.8) is 0 Å². The summed E-state index contributed by atoms with van der Waals surface area (Å²) in [6, 6.07) is 33.3. The van der Waals surface area contributed by atoms with Gasteiger partial charge in [0, 0.05) is 44.3 Å². The second-order valence-electron chi connectivity index (χ2n) is 15.0. The Labute approximate surface area is 373 Å². The van der Waals surface area contributed by atoms with Gasteiger partial charge in [-0.1, -0.05) is 147 Å². The summed E-state index contributed by atoms with van der Waals surface area (Å²) in [7, 11) is 0. The van der Waals surface area contributed by atoms with E-state index in [-0.39, 0.29) is 54.4 Å². The van der Waals surface area contributed by atoms with Crippen LogP contribution in [0.2, 0.25) is 0 Å². The van der Waals surface area contributed by atoms with E-state index < -0.39 is 60.4 Å². The van der Waals surface area contributed by atoms with Crippen molar-refractivity contribution in [2.24, 2.45) is 0 Å². The minimum Gasteiger partial charge on any atom is -0.510 e. The van der Waals surface area contributed by atoms with Crippen LogP contribution in [0.4, 0.5) is 0 Å². The average Bonchev–Trinajstić information content (AvgIpc) is 3.87. The molecule has 0 saturated heterocycles. The largest absolute Gasteiger partial charge is 0.510 e. The van der Waals surface area contributed by atoms with E-state index in [4.69, 9.17) is 23.4 Å². The fraction of sp³-hybridized carbons (Fsp3) is 0.0943. The summed E-state index contributed by atoms with van der Waals surface area (Å²) in [5.41, 5.74) is 5.75. The summed E-state index contributed by atoms with van der Waals surface area (Å²) in [6.07, 6.45) is 5.25. The summed E-state index contributed by atoms with van der Waals surface area (Å²) in [5.74, 6) is 1.60. The first-order chi connectivity index (χ1) is 32.5. The van der Waals surface area contributed by atoms with Gasteiger partial charge in [-0.05, 0) is 68.9 Å². The maximum atomic E-state index is 8.99. The Bertz CT molecular complexity index is 3600. The molecule has 0 atom stereocenters. The van der Waals surface area contributed by atoms with Gasteiger partial charge in [-0.15, -0.1) is 29.7 Å². The third kappa shape index (κ3) is 6.76. The number of ether oxygens (including phenoxy) is 1. The van der Waals surface area contributed by atoms with Gasteiger partial charge < -0.3 is 13.9 Å². The van der Waals surface area contributed by atoms with Gasteiger partial charge in [0.2, 0.25) is 0 Å². The Morgan fingerprint density at radius 3 is 2.02 bits per heavy atom. The van der Waals surface area contributed by atoms with E-state index >= 15 is 0 Å². The molecule has 10 rings (SSSR count). The van der Waals surface area contributed by atoms with Crippen LogP contribution < -0.4 is 9.30 Å². The van der Waals surface area contributed by atoms with Crippen LogP contribution in [0.25, 0.3) is 72.3 Å². The molecule has 6 heteroatoms. The average molecular weight is 954 g/mol. The predicted octanol–water partition coefficient (Wildman–Crippen LogP) is 12.5. The number of para-hydroxylation sites is 4. The molecule has 0 amide bonds. The number of imidazole rings is 1. The van der Waals surface area contributed by atoms with Crippen molar-refractivity contribution >= 4 is 32.8 Å². The van der Waals surface area contributed by atoms with Gasteiger partial charge >= 0.3 is 0 Å². The van der Waals surface area contributed by atoms with Crippen LogP contribution in [-0.4, -0.2) is 14.1 Å². The van der Waals surface area contributed by atoms with Gasteiger partial charge in [-0.3, -0.25) is 4.57 Å². The summed E-state index contributed by atoms with van der Waals surface area (Å²) in [5, 5.41) is 2.03. The number of fused-ring (bicyclic) bond motifs is 4. The van der Waals surface area contributed by atoms with Crippen LogP contribution in [0.15, 0.2) is 170 Å². The molecule has 0 saturated carbocycles. The van der Waals surface area contributed by atoms with Gasteiger partial charge in [0.15, 0.2) is 0 Å². The molecule has 5 nitrogen and oxygen atoms in total. The van der Waals surface area contributed by atoms with Crippen molar-refractivity contribution in [3.8, 4) is 50.9 Å². The fourth-order valence-electron chi connectivity index (χ4n) is 7.82.